The molecule has 0 aliphatic carbocycles. The van der Waals surface area contributed by atoms with Gasteiger partial charge in [-0.15, -0.1) is 0 Å². The zero-order chi connectivity index (χ0) is 38.5. The Bertz CT molecular complexity index is 3040. The van der Waals surface area contributed by atoms with E-state index in [4.69, 9.17) is 9.15 Å². The number of para-hydroxylation sites is 3. The summed E-state index contributed by atoms with van der Waals surface area (Å²) in [6.45, 7) is 0. The third-order valence-corrected chi connectivity index (χ3v) is 16.4. The second-order valence-electron chi connectivity index (χ2n) is 14.8. The Morgan fingerprint density at radius 3 is 1.60 bits per heavy atom. The van der Waals surface area contributed by atoms with Crippen molar-refractivity contribution in [1.82, 2.24) is 0 Å². The summed E-state index contributed by atoms with van der Waals surface area (Å²) in [5, 5.41) is 7.23. The lowest BCUT2D eigenvalue weighted by molar-refractivity contribution is 0.487. The van der Waals surface area contributed by atoms with Gasteiger partial charge >= 0.3 is 0 Å². The Labute approximate surface area is 338 Å². The van der Waals surface area contributed by atoms with Crippen LogP contribution < -0.4 is 30.4 Å². The molecule has 1 aromatic heterocycles. The van der Waals surface area contributed by atoms with Crippen LogP contribution in [0.25, 0.3) is 44.2 Å². The number of rotatable bonds is 7. The quantitative estimate of drug-likeness (QED) is 0.151. The molecule has 9 aromatic carbocycles. The number of furan rings is 1. The first-order valence-corrected chi connectivity index (χ1v) is 21.7. The number of anilines is 3. The first kappa shape index (κ1) is 33.9. The topological polar surface area (TPSA) is 25.6 Å². The Hall–Kier alpha value is -7.40. The van der Waals surface area contributed by atoms with E-state index in [1.165, 1.54) is 31.9 Å². The highest BCUT2D eigenvalue weighted by molar-refractivity contribution is 7.20. The second kappa shape index (κ2) is 14.0. The predicted molar refractivity (Wildman–Crippen MR) is 243 cm³/mol. The van der Waals surface area contributed by atoms with Crippen molar-refractivity contribution >= 4 is 67.8 Å². The highest BCUT2D eigenvalue weighted by Gasteiger charge is 2.48. The summed E-state index contributed by atoms with van der Waals surface area (Å²) >= 11 is 0. The molecule has 274 valence electrons. The van der Waals surface area contributed by atoms with Crippen molar-refractivity contribution < 1.29 is 9.15 Å². The highest BCUT2D eigenvalue weighted by atomic mass is 28.3. The Balaban J connectivity index is 1.15. The highest BCUT2D eigenvalue weighted by Crippen LogP contribution is 2.43. The molecule has 3 nitrogen and oxygen atoms in total. The van der Waals surface area contributed by atoms with Gasteiger partial charge < -0.3 is 14.1 Å². The van der Waals surface area contributed by atoms with Crippen LogP contribution in [0.1, 0.15) is 0 Å². The van der Waals surface area contributed by atoms with E-state index in [0.29, 0.717) is 0 Å². The molecule has 4 heteroatoms. The van der Waals surface area contributed by atoms with Gasteiger partial charge in [-0.2, -0.15) is 0 Å². The normalized spacial score (nSPS) is 12.8. The van der Waals surface area contributed by atoms with Gasteiger partial charge in [0.2, 0.25) is 0 Å². The van der Waals surface area contributed by atoms with E-state index < -0.39 is 8.07 Å². The first-order valence-electron chi connectivity index (χ1n) is 19.7. The summed E-state index contributed by atoms with van der Waals surface area (Å²) in [6, 6.07) is 80.5. The third-order valence-electron chi connectivity index (χ3n) is 11.6. The van der Waals surface area contributed by atoms with E-state index in [1.807, 2.05) is 0 Å². The van der Waals surface area contributed by atoms with Crippen molar-refractivity contribution in [1.29, 1.82) is 0 Å². The number of benzene rings is 9. The molecule has 0 N–H and O–H groups in total. The smallest absolute Gasteiger partial charge is 0.188 e. The number of ether oxygens (including phenoxy) is 1. The molecule has 10 aromatic rings. The van der Waals surface area contributed by atoms with Crippen LogP contribution in [-0.2, 0) is 0 Å². The minimum absolute atomic E-state index is 0.844. The zero-order valence-electron chi connectivity index (χ0n) is 31.6. The van der Waals surface area contributed by atoms with E-state index in [0.717, 1.165) is 61.6 Å². The lowest BCUT2D eigenvalue weighted by Gasteiger charge is -2.40. The summed E-state index contributed by atoms with van der Waals surface area (Å²) < 4.78 is 13.6. The standard InChI is InChI=1S/C54H37NO2Si/c1-4-16-38(17-5-1)40-30-33-42(34-31-40)55(48-25-15-24-47-46-35-32-41(36-51(46)57-54(47)48)39-18-6-2-7-19-39)43-20-14-23-45(37-43)58(44-21-8-3-9-22-44)52-28-12-10-26-49(52)56-50-27-11-13-29-53(50)58/h1-37H. The van der Waals surface area contributed by atoms with Crippen molar-refractivity contribution in [2.75, 3.05) is 4.90 Å². The maximum atomic E-state index is 6.94. The SMILES string of the molecule is c1ccc(-c2ccc(N(c3cccc([Si]4(c5ccccc5)c5ccccc5Oc5ccccc54)c3)c3cccc4c3oc3cc(-c5ccccc5)ccc34)cc2)cc1. The summed E-state index contributed by atoms with van der Waals surface area (Å²) in [6.07, 6.45) is 0. The molecule has 1 aliphatic heterocycles. The zero-order valence-corrected chi connectivity index (χ0v) is 32.6. The molecule has 0 amide bonds. The summed E-state index contributed by atoms with van der Waals surface area (Å²) in [5.41, 5.74) is 9.41. The molecular formula is C54H37NO2Si. The monoisotopic (exact) mass is 759 g/mol. The van der Waals surface area contributed by atoms with Crippen molar-refractivity contribution in [2.45, 2.75) is 0 Å². The van der Waals surface area contributed by atoms with Gasteiger partial charge in [0.15, 0.2) is 13.7 Å². The van der Waals surface area contributed by atoms with E-state index in [9.17, 15) is 0 Å². The van der Waals surface area contributed by atoms with Crippen LogP contribution in [0.5, 0.6) is 11.5 Å². The third kappa shape index (κ3) is 5.49. The lowest BCUT2D eigenvalue weighted by Crippen LogP contribution is -2.76. The molecule has 0 radical (unpaired) electrons. The van der Waals surface area contributed by atoms with Crippen molar-refractivity contribution in [3.63, 3.8) is 0 Å². The average molecular weight is 760 g/mol. The first-order chi connectivity index (χ1) is 28.8. The fourth-order valence-electron chi connectivity index (χ4n) is 8.98. The van der Waals surface area contributed by atoms with E-state index >= 15 is 0 Å². The van der Waals surface area contributed by atoms with Crippen molar-refractivity contribution in [3.8, 4) is 33.8 Å². The van der Waals surface area contributed by atoms with Crippen LogP contribution in [0.2, 0.25) is 0 Å². The van der Waals surface area contributed by atoms with Crippen LogP contribution >= 0.6 is 0 Å². The van der Waals surface area contributed by atoms with Crippen LogP contribution in [0.15, 0.2) is 229 Å². The van der Waals surface area contributed by atoms with Gasteiger partial charge in [0.05, 0.1) is 5.69 Å². The molecule has 0 fully saturated rings. The van der Waals surface area contributed by atoms with Crippen LogP contribution in [0, 0.1) is 0 Å². The van der Waals surface area contributed by atoms with Gasteiger partial charge in [-0.05, 0) is 97.6 Å². The lowest BCUT2D eigenvalue weighted by atomic mass is 10.0. The molecule has 0 saturated heterocycles. The fourth-order valence-corrected chi connectivity index (χ4v) is 14.0. The molecule has 11 rings (SSSR count). The molecule has 0 bridgehead atoms. The van der Waals surface area contributed by atoms with Gasteiger partial charge in [0.25, 0.3) is 0 Å². The Morgan fingerprint density at radius 2 is 0.914 bits per heavy atom. The molecule has 58 heavy (non-hydrogen) atoms. The molecule has 0 unspecified atom stereocenters. The molecular weight excluding hydrogens is 723 g/mol. The summed E-state index contributed by atoms with van der Waals surface area (Å²) in [5.74, 6) is 1.83. The Kier molecular flexibility index (Phi) is 8.16. The van der Waals surface area contributed by atoms with Crippen LogP contribution in [0.3, 0.4) is 0 Å². The number of fused-ring (bicyclic) bond motifs is 5. The molecule has 0 atom stereocenters. The molecule has 0 saturated carbocycles. The minimum Gasteiger partial charge on any atom is -0.458 e. The molecule has 1 aliphatic rings. The molecule has 2 heterocycles. The largest absolute Gasteiger partial charge is 0.458 e. The summed E-state index contributed by atoms with van der Waals surface area (Å²) in [7, 11) is -2.90. The maximum Gasteiger partial charge on any atom is 0.188 e. The minimum atomic E-state index is -2.90. The molecule has 0 spiro atoms. The van der Waals surface area contributed by atoms with Crippen LogP contribution in [0.4, 0.5) is 17.1 Å². The Morgan fingerprint density at radius 1 is 0.362 bits per heavy atom. The van der Waals surface area contributed by atoms with E-state index in [1.54, 1.807) is 0 Å². The van der Waals surface area contributed by atoms with Crippen molar-refractivity contribution in [3.05, 3.63) is 224 Å². The number of nitrogens with zero attached hydrogens (tertiary/aromatic N) is 1. The van der Waals surface area contributed by atoms with E-state index in [-0.39, 0.29) is 0 Å². The number of hydrogen-bond donors (Lipinski definition) is 0. The van der Waals surface area contributed by atoms with E-state index in [2.05, 4.69) is 229 Å². The summed E-state index contributed by atoms with van der Waals surface area (Å²) in [4.78, 5) is 2.37. The number of hydrogen-bond acceptors (Lipinski definition) is 3. The van der Waals surface area contributed by atoms with Gasteiger partial charge in [-0.25, -0.2) is 0 Å². The second-order valence-corrected chi connectivity index (χ2v) is 18.6. The van der Waals surface area contributed by atoms with Crippen molar-refractivity contribution in [2.24, 2.45) is 0 Å². The van der Waals surface area contributed by atoms with Gasteiger partial charge in [0.1, 0.15) is 17.1 Å². The van der Waals surface area contributed by atoms with Crippen LogP contribution in [-0.4, -0.2) is 8.07 Å². The predicted octanol–water partition coefficient (Wildman–Crippen LogP) is 11.9. The van der Waals surface area contributed by atoms with Gasteiger partial charge in [0, 0.05) is 22.1 Å². The maximum absolute atomic E-state index is 6.94. The van der Waals surface area contributed by atoms with Gasteiger partial charge in [-0.3, -0.25) is 0 Å². The van der Waals surface area contributed by atoms with Gasteiger partial charge in [-0.1, -0.05) is 170 Å². The fraction of sp³-hybridized carbons (Fsp3) is 0. The average Bonchev–Trinajstić information content (AvgIpc) is 3.68.